The third-order valence-electron chi connectivity index (χ3n) is 0.954. The highest BCUT2D eigenvalue weighted by Crippen LogP contribution is 2.17. The third-order valence-corrected chi connectivity index (χ3v) is 2.86. The molecule has 0 saturated heterocycles. The van der Waals surface area contributed by atoms with E-state index in [2.05, 4.69) is 0 Å². The van der Waals surface area contributed by atoms with Gasteiger partial charge in [-0.25, -0.2) is 0 Å². The minimum atomic E-state index is -1.89. The molecule has 67 valence electrons. The fraction of sp³-hybridized carbons (Fsp3) is 0.875. The maximum absolute atomic E-state index is 5.75. The SMILES string of the molecule is C[CH]O[Si](C)(C)OC(C)(C)C. The Hall–Kier alpha value is 0.137. The van der Waals surface area contributed by atoms with Crippen molar-refractivity contribution in [2.24, 2.45) is 0 Å². The van der Waals surface area contributed by atoms with Gasteiger partial charge in [0.1, 0.15) is 0 Å². The average Bonchev–Trinajstić information content (AvgIpc) is 1.55. The highest BCUT2D eigenvalue weighted by molar-refractivity contribution is 6.64. The molecule has 0 aliphatic heterocycles. The van der Waals surface area contributed by atoms with Gasteiger partial charge in [-0.3, -0.25) is 0 Å². The van der Waals surface area contributed by atoms with Crippen LogP contribution < -0.4 is 0 Å². The second kappa shape index (κ2) is 3.69. The Morgan fingerprint density at radius 3 is 1.91 bits per heavy atom. The van der Waals surface area contributed by atoms with E-state index >= 15 is 0 Å². The van der Waals surface area contributed by atoms with Crippen molar-refractivity contribution in [3.8, 4) is 0 Å². The molecule has 3 heteroatoms. The molecule has 0 rings (SSSR count). The second-order valence-electron chi connectivity index (χ2n) is 3.97. The summed E-state index contributed by atoms with van der Waals surface area (Å²) < 4.78 is 11.1. The summed E-state index contributed by atoms with van der Waals surface area (Å²) in [5, 5.41) is 0. The summed E-state index contributed by atoms with van der Waals surface area (Å²) in [4.78, 5) is 0. The normalized spacial score (nSPS) is 13.6. The van der Waals surface area contributed by atoms with Gasteiger partial charge in [0.15, 0.2) is 0 Å². The summed E-state index contributed by atoms with van der Waals surface area (Å²) in [7, 11) is -1.89. The summed E-state index contributed by atoms with van der Waals surface area (Å²) in [5.41, 5.74) is -0.0985. The van der Waals surface area contributed by atoms with E-state index in [4.69, 9.17) is 8.85 Å². The number of hydrogen-bond acceptors (Lipinski definition) is 2. The van der Waals surface area contributed by atoms with Crippen LogP contribution in [-0.2, 0) is 8.85 Å². The highest BCUT2D eigenvalue weighted by atomic mass is 28.4. The van der Waals surface area contributed by atoms with Gasteiger partial charge in [-0.05, 0) is 40.8 Å². The molecule has 0 bridgehead atoms. The molecule has 0 aliphatic carbocycles. The van der Waals surface area contributed by atoms with E-state index in [1.54, 1.807) is 6.61 Å². The first-order valence-electron chi connectivity index (χ1n) is 3.93. The van der Waals surface area contributed by atoms with E-state index in [1.807, 2.05) is 40.8 Å². The molecule has 0 aliphatic rings. The highest BCUT2D eigenvalue weighted by Gasteiger charge is 2.29. The summed E-state index contributed by atoms with van der Waals surface area (Å²) in [6.45, 7) is 13.8. The summed E-state index contributed by atoms with van der Waals surface area (Å²) >= 11 is 0. The maximum Gasteiger partial charge on any atom is 0.332 e. The van der Waals surface area contributed by atoms with Crippen LogP contribution in [0.15, 0.2) is 0 Å². The van der Waals surface area contributed by atoms with Crippen molar-refractivity contribution >= 4 is 8.56 Å². The fourth-order valence-corrected chi connectivity index (χ4v) is 3.14. The van der Waals surface area contributed by atoms with Gasteiger partial charge in [0.25, 0.3) is 0 Å². The van der Waals surface area contributed by atoms with Crippen LogP contribution >= 0.6 is 0 Å². The van der Waals surface area contributed by atoms with Crippen molar-refractivity contribution < 1.29 is 8.85 Å². The van der Waals surface area contributed by atoms with Crippen LogP contribution in [0.25, 0.3) is 0 Å². The van der Waals surface area contributed by atoms with Crippen molar-refractivity contribution in [1.29, 1.82) is 0 Å². The van der Waals surface area contributed by atoms with E-state index < -0.39 is 8.56 Å². The molecule has 0 aromatic heterocycles. The van der Waals surface area contributed by atoms with Gasteiger partial charge in [-0.15, -0.1) is 0 Å². The van der Waals surface area contributed by atoms with Gasteiger partial charge < -0.3 is 8.85 Å². The molecule has 11 heavy (non-hydrogen) atoms. The molecule has 0 amide bonds. The first-order valence-corrected chi connectivity index (χ1v) is 6.74. The Morgan fingerprint density at radius 1 is 1.18 bits per heavy atom. The van der Waals surface area contributed by atoms with Crippen LogP contribution in [0.2, 0.25) is 13.1 Å². The first-order chi connectivity index (χ1) is 4.77. The van der Waals surface area contributed by atoms with Gasteiger partial charge >= 0.3 is 8.56 Å². The zero-order valence-electron chi connectivity index (χ0n) is 8.39. The predicted molar refractivity (Wildman–Crippen MR) is 49.4 cm³/mol. The molecule has 0 unspecified atom stereocenters. The van der Waals surface area contributed by atoms with Gasteiger partial charge in [0.2, 0.25) is 0 Å². The minimum Gasteiger partial charge on any atom is -0.390 e. The second-order valence-corrected chi connectivity index (χ2v) is 7.21. The van der Waals surface area contributed by atoms with E-state index in [0.717, 1.165) is 0 Å². The lowest BCUT2D eigenvalue weighted by atomic mass is 10.2. The molecule has 0 atom stereocenters. The Morgan fingerprint density at radius 2 is 1.64 bits per heavy atom. The topological polar surface area (TPSA) is 18.5 Å². The fourth-order valence-electron chi connectivity index (χ4n) is 1.05. The molecule has 0 heterocycles. The minimum absolute atomic E-state index is 0.0985. The lowest BCUT2D eigenvalue weighted by Gasteiger charge is -2.31. The zero-order valence-corrected chi connectivity index (χ0v) is 9.39. The van der Waals surface area contributed by atoms with E-state index in [-0.39, 0.29) is 5.60 Å². The Bertz CT molecular complexity index is 116. The van der Waals surface area contributed by atoms with E-state index in [1.165, 1.54) is 0 Å². The molecule has 0 aromatic carbocycles. The smallest absolute Gasteiger partial charge is 0.332 e. The van der Waals surface area contributed by atoms with Gasteiger partial charge in [-0.1, -0.05) is 0 Å². The largest absolute Gasteiger partial charge is 0.390 e. The lowest BCUT2D eigenvalue weighted by molar-refractivity contribution is 0.0812. The van der Waals surface area contributed by atoms with Gasteiger partial charge in [-0.2, -0.15) is 0 Å². The Balaban J connectivity index is 3.91. The summed E-state index contributed by atoms with van der Waals surface area (Å²) in [6.07, 6.45) is 0. The standard InChI is InChI=1S/C8H19O2Si/c1-7-9-11(5,6)10-8(2,3)4/h7H,1-6H3. The molecule has 2 nitrogen and oxygen atoms in total. The molecular formula is C8H19O2Si. The lowest BCUT2D eigenvalue weighted by Crippen LogP contribution is -2.41. The van der Waals surface area contributed by atoms with Crippen LogP contribution in [0.1, 0.15) is 27.7 Å². The van der Waals surface area contributed by atoms with Crippen LogP contribution in [0.5, 0.6) is 0 Å². The quantitative estimate of drug-likeness (QED) is 0.614. The number of hydrogen-bond donors (Lipinski definition) is 0. The summed E-state index contributed by atoms with van der Waals surface area (Å²) in [6, 6.07) is 0. The molecular weight excluding hydrogens is 156 g/mol. The molecule has 0 saturated carbocycles. The molecule has 0 N–H and O–H groups in total. The van der Waals surface area contributed by atoms with Gasteiger partial charge in [0.05, 0.1) is 12.2 Å². The van der Waals surface area contributed by atoms with Crippen LogP contribution in [-0.4, -0.2) is 14.2 Å². The van der Waals surface area contributed by atoms with Crippen molar-refractivity contribution in [2.45, 2.75) is 46.4 Å². The molecule has 0 aromatic rings. The van der Waals surface area contributed by atoms with Crippen molar-refractivity contribution in [2.75, 3.05) is 0 Å². The van der Waals surface area contributed by atoms with Crippen LogP contribution in [0.3, 0.4) is 0 Å². The van der Waals surface area contributed by atoms with Crippen molar-refractivity contribution in [3.05, 3.63) is 6.61 Å². The predicted octanol–water partition coefficient (Wildman–Crippen LogP) is 2.70. The number of rotatable bonds is 3. The zero-order chi connectivity index (χ0) is 9.12. The van der Waals surface area contributed by atoms with Crippen LogP contribution in [0, 0.1) is 6.61 Å². The summed E-state index contributed by atoms with van der Waals surface area (Å²) in [5.74, 6) is 0. The average molecular weight is 175 g/mol. The molecule has 0 fully saturated rings. The van der Waals surface area contributed by atoms with E-state index in [9.17, 15) is 0 Å². The Labute approximate surface area is 71.1 Å². The third kappa shape index (κ3) is 6.53. The molecule has 1 radical (unpaired) electrons. The first kappa shape index (κ1) is 11.1. The Kier molecular flexibility index (Phi) is 3.74. The van der Waals surface area contributed by atoms with Crippen LogP contribution in [0.4, 0.5) is 0 Å². The van der Waals surface area contributed by atoms with Crippen molar-refractivity contribution in [3.63, 3.8) is 0 Å². The van der Waals surface area contributed by atoms with E-state index in [0.29, 0.717) is 0 Å². The molecule has 0 spiro atoms. The van der Waals surface area contributed by atoms with Crippen molar-refractivity contribution in [1.82, 2.24) is 0 Å². The maximum atomic E-state index is 5.75. The van der Waals surface area contributed by atoms with Gasteiger partial charge in [0, 0.05) is 0 Å². The monoisotopic (exact) mass is 175 g/mol.